The molecule has 0 radical (unpaired) electrons. The van der Waals surface area contributed by atoms with E-state index in [1.165, 1.54) is 25.1 Å². The molecule has 1 aliphatic heterocycles. The first-order valence-electron chi connectivity index (χ1n) is 10.3. The first-order valence-corrected chi connectivity index (χ1v) is 10.3. The summed E-state index contributed by atoms with van der Waals surface area (Å²) < 4.78 is 5.00. The summed E-state index contributed by atoms with van der Waals surface area (Å²) in [5, 5.41) is 5.33. The monoisotopic (exact) mass is 457 g/mol. The SMILES string of the molecule is CC(=O)Oc1cccc(C(=O)Nc2ccccc2NC(=O)CN2C(=O)c3ccccc3C2=O)c1. The fourth-order valence-electron chi connectivity index (χ4n) is 3.48. The molecule has 0 unspecified atom stereocenters. The lowest BCUT2D eigenvalue weighted by molar-refractivity contribution is -0.131. The van der Waals surface area contributed by atoms with Crippen LogP contribution in [0.2, 0.25) is 0 Å². The van der Waals surface area contributed by atoms with E-state index in [1.54, 1.807) is 54.6 Å². The molecule has 9 heteroatoms. The summed E-state index contributed by atoms with van der Waals surface area (Å²) in [5.74, 6) is -2.45. The third kappa shape index (κ3) is 4.68. The largest absolute Gasteiger partial charge is 0.427 e. The van der Waals surface area contributed by atoms with Crippen LogP contribution in [-0.2, 0) is 9.59 Å². The van der Waals surface area contributed by atoms with Crippen molar-refractivity contribution in [2.45, 2.75) is 6.92 Å². The van der Waals surface area contributed by atoms with Crippen molar-refractivity contribution in [1.29, 1.82) is 0 Å². The van der Waals surface area contributed by atoms with Crippen LogP contribution in [0, 0.1) is 0 Å². The Morgan fingerprint density at radius 1 is 0.794 bits per heavy atom. The van der Waals surface area contributed by atoms with E-state index in [0.29, 0.717) is 5.69 Å². The number of anilines is 2. The van der Waals surface area contributed by atoms with Crippen molar-refractivity contribution in [3.63, 3.8) is 0 Å². The number of rotatable bonds is 6. The van der Waals surface area contributed by atoms with E-state index < -0.39 is 36.1 Å². The van der Waals surface area contributed by atoms with E-state index in [9.17, 15) is 24.0 Å². The van der Waals surface area contributed by atoms with Gasteiger partial charge in [-0.25, -0.2) is 0 Å². The normalized spacial score (nSPS) is 12.2. The first-order chi connectivity index (χ1) is 16.3. The molecule has 0 atom stereocenters. The Hall–Kier alpha value is -4.79. The first kappa shape index (κ1) is 22.4. The van der Waals surface area contributed by atoms with Crippen molar-refractivity contribution in [1.82, 2.24) is 4.90 Å². The maximum atomic E-state index is 12.7. The Morgan fingerprint density at radius 2 is 1.38 bits per heavy atom. The molecule has 3 aromatic rings. The van der Waals surface area contributed by atoms with Gasteiger partial charge in [-0.1, -0.05) is 30.3 Å². The van der Waals surface area contributed by atoms with Crippen molar-refractivity contribution in [3.8, 4) is 5.75 Å². The molecule has 0 saturated carbocycles. The average Bonchev–Trinajstić information content (AvgIpc) is 3.05. The van der Waals surface area contributed by atoms with Crippen molar-refractivity contribution in [2.75, 3.05) is 17.2 Å². The number of carbonyl (C=O) groups is 5. The predicted molar refractivity (Wildman–Crippen MR) is 123 cm³/mol. The minimum absolute atomic E-state index is 0.225. The number of carbonyl (C=O) groups excluding carboxylic acids is 5. The summed E-state index contributed by atoms with van der Waals surface area (Å²) >= 11 is 0. The number of nitrogens with zero attached hydrogens (tertiary/aromatic N) is 1. The zero-order valence-corrected chi connectivity index (χ0v) is 18.0. The standard InChI is InChI=1S/C25H19N3O6/c1-15(29)34-17-8-6-7-16(13-17)23(31)27-21-12-5-4-11-20(21)26-22(30)14-28-24(32)18-9-2-3-10-19(18)25(28)33/h2-13H,14H2,1H3,(H,26,30)(H,27,31). The molecule has 4 rings (SSSR count). The fraction of sp³-hybridized carbons (Fsp3) is 0.0800. The highest BCUT2D eigenvalue weighted by Gasteiger charge is 2.36. The fourth-order valence-corrected chi connectivity index (χ4v) is 3.48. The van der Waals surface area contributed by atoms with Crippen molar-refractivity contribution < 1.29 is 28.7 Å². The van der Waals surface area contributed by atoms with Crippen LogP contribution in [0.3, 0.4) is 0 Å². The van der Waals surface area contributed by atoms with Gasteiger partial charge in [0.05, 0.1) is 22.5 Å². The van der Waals surface area contributed by atoms with Crippen LogP contribution < -0.4 is 15.4 Å². The molecule has 0 aliphatic carbocycles. The number of hydrogen-bond acceptors (Lipinski definition) is 6. The molecule has 170 valence electrons. The molecule has 0 fully saturated rings. The van der Waals surface area contributed by atoms with E-state index >= 15 is 0 Å². The van der Waals surface area contributed by atoms with Gasteiger partial charge >= 0.3 is 5.97 Å². The van der Waals surface area contributed by atoms with Crippen LogP contribution >= 0.6 is 0 Å². The molecule has 0 bridgehead atoms. The molecule has 34 heavy (non-hydrogen) atoms. The van der Waals surface area contributed by atoms with E-state index in [1.807, 2.05) is 0 Å². The third-order valence-corrected chi connectivity index (χ3v) is 4.99. The Balaban J connectivity index is 1.45. The maximum Gasteiger partial charge on any atom is 0.308 e. The van der Waals surface area contributed by atoms with Gasteiger partial charge in [0.15, 0.2) is 0 Å². The second kappa shape index (κ2) is 9.37. The lowest BCUT2D eigenvalue weighted by Gasteiger charge is -2.16. The van der Waals surface area contributed by atoms with Gasteiger partial charge in [0.1, 0.15) is 12.3 Å². The molecule has 2 N–H and O–H groups in total. The van der Waals surface area contributed by atoms with Gasteiger partial charge in [0, 0.05) is 12.5 Å². The van der Waals surface area contributed by atoms with Crippen LogP contribution in [0.4, 0.5) is 11.4 Å². The summed E-state index contributed by atoms with van der Waals surface area (Å²) in [6.45, 7) is 0.784. The van der Waals surface area contributed by atoms with Crippen LogP contribution in [0.1, 0.15) is 38.0 Å². The second-order valence-corrected chi connectivity index (χ2v) is 7.41. The third-order valence-electron chi connectivity index (χ3n) is 4.99. The number of para-hydroxylation sites is 2. The average molecular weight is 457 g/mol. The second-order valence-electron chi connectivity index (χ2n) is 7.41. The molecule has 1 aliphatic rings. The number of nitrogens with one attached hydrogen (secondary N) is 2. The predicted octanol–water partition coefficient (Wildman–Crippen LogP) is 3.10. The van der Waals surface area contributed by atoms with Gasteiger partial charge in [-0.15, -0.1) is 0 Å². The zero-order valence-electron chi connectivity index (χ0n) is 18.0. The van der Waals surface area contributed by atoms with Gasteiger partial charge in [0.2, 0.25) is 5.91 Å². The number of fused-ring (bicyclic) bond motifs is 1. The number of amides is 4. The molecule has 1 heterocycles. The summed E-state index contributed by atoms with van der Waals surface area (Å²) in [6.07, 6.45) is 0. The van der Waals surface area contributed by atoms with Gasteiger partial charge in [-0.05, 0) is 42.5 Å². The number of ether oxygens (including phenoxy) is 1. The van der Waals surface area contributed by atoms with Gasteiger partial charge < -0.3 is 15.4 Å². The molecular formula is C25H19N3O6. The molecule has 4 amide bonds. The number of benzene rings is 3. The maximum absolute atomic E-state index is 12.7. The van der Waals surface area contributed by atoms with Crippen LogP contribution in [0.5, 0.6) is 5.75 Å². The van der Waals surface area contributed by atoms with Crippen molar-refractivity contribution in [3.05, 3.63) is 89.5 Å². The lowest BCUT2D eigenvalue weighted by Crippen LogP contribution is -2.37. The molecule has 0 saturated heterocycles. The highest BCUT2D eigenvalue weighted by molar-refractivity contribution is 6.22. The smallest absolute Gasteiger partial charge is 0.308 e. The summed E-state index contributed by atoms with van der Waals surface area (Å²) in [5.41, 5.74) is 1.34. The lowest BCUT2D eigenvalue weighted by atomic mass is 10.1. The van der Waals surface area contributed by atoms with Gasteiger partial charge in [-0.3, -0.25) is 28.9 Å². The Labute approximate surface area is 194 Å². The minimum atomic E-state index is -0.604. The molecule has 0 spiro atoms. The van der Waals surface area contributed by atoms with E-state index in [0.717, 1.165) is 4.90 Å². The Kier molecular flexibility index (Phi) is 6.18. The van der Waals surface area contributed by atoms with E-state index in [-0.39, 0.29) is 28.1 Å². The van der Waals surface area contributed by atoms with E-state index in [2.05, 4.69) is 10.6 Å². The van der Waals surface area contributed by atoms with E-state index in [4.69, 9.17) is 4.74 Å². The molecule has 3 aromatic carbocycles. The summed E-state index contributed by atoms with van der Waals surface area (Å²) in [4.78, 5) is 62.4. The summed E-state index contributed by atoms with van der Waals surface area (Å²) in [6, 6.07) is 18.9. The Bertz CT molecular complexity index is 1300. The summed E-state index contributed by atoms with van der Waals surface area (Å²) in [7, 11) is 0. The Morgan fingerprint density at radius 3 is 2.00 bits per heavy atom. The zero-order chi connectivity index (χ0) is 24.2. The van der Waals surface area contributed by atoms with Gasteiger partial charge in [-0.2, -0.15) is 0 Å². The van der Waals surface area contributed by atoms with Crippen molar-refractivity contribution in [2.24, 2.45) is 0 Å². The van der Waals surface area contributed by atoms with Crippen molar-refractivity contribution >= 4 is 41.0 Å². The molecule has 9 nitrogen and oxygen atoms in total. The molecule has 0 aromatic heterocycles. The highest BCUT2D eigenvalue weighted by atomic mass is 16.5. The van der Waals surface area contributed by atoms with Gasteiger partial charge in [0.25, 0.3) is 17.7 Å². The number of imide groups is 1. The van der Waals surface area contributed by atoms with Crippen LogP contribution in [0.25, 0.3) is 0 Å². The molecular weight excluding hydrogens is 438 g/mol. The number of hydrogen-bond donors (Lipinski definition) is 2. The minimum Gasteiger partial charge on any atom is -0.427 e. The quantitative estimate of drug-likeness (QED) is 0.333. The topological polar surface area (TPSA) is 122 Å². The van der Waals surface area contributed by atoms with Crippen LogP contribution in [0.15, 0.2) is 72.8 Å². The van der Waals surface area contributed by atoms with Crippen LogP contribution in [-0.4, -0.2) is 41.0 Å². The highest BCUT2D eigenvalue weighted by Crippen LogP contribution is 2.25. The number of esters is 1.